The molecular weight excluding hydrogens is 287 g/mol. The molecule has 21 heavy (non-hydrogen) atoms. The van der Waals surface area contributed by atoms with Crippen LogP contribution < -0.4 is 10.6 Å². The van der Waals surface area contributed by atoms with E-state index in [2.05, 4.69) is 17.9 Å². The Morgan fingerprint density at radius 2 is 2.00 bits per heavy atom. The molecule has 0 aliphatic carbocycles. The van der Waals surface area contributed by atoms with E-state index in [1.165, 1.54) is 17.7 Å². The summed E-state index contributed by atoms with van der Waals surface area (Å²) in [5, 5.41) is 0.392. The lowest BCUT2D eigenvalue weighted by Gasteiger charge is -2.32. The van der Waals surface area contributed by atoms with Gasteiger partial charge in [0, 0.05) is 23.8 Å². The molecule has 1 unspecified atom stereocenters. The average Bonchev–Trinajstić information content (AvgIpc) is 2.43. The zero-order valence-corrected chi connectivity index (χ0v) is 13.1. The maximum Gasteiger partial charge on any atom is 0.125 e. The second-order valence-electron chi connectivity index (χ2n) is 5.08. The Morgan fingerprint density at radius 1 is 1.24 bits per heavy atom. The number of aryl methyl sites for hydroxylation is 1. The van der Waals surface area contributed by atoms with Gasteiger partial charge in [0.15, 0.2) is 0 Å². The van der Waals surface area contributed by atoms with Crippen molar-refractivity contribution in [2.24, 2.45) is 5.73 Å². The quantitative estimate of drug-likeness (QED) is 0.891. The molecule has 2 N–H and O–H groups in total. The van der Waals surface area contributed by atoms with Gasteiger partial charge in [0.25, 0.3) is 0 Å². The van der Waals surface area contributed by atoms with Crippen LogP contribution in [0.25, 0.3) is 0 Å². The number of hydrogen-bond donors (Lipinski definition) is 1. The number of rotatable bonds is 5. The normalized spacial score (nSPS) is 12.2. The highest BCUT2D eigenvalue weighted by Gasteiger charge is 2.19. The van der Waals surface area contributed by atoms with Gasteiger partial charge >= 0.3 is 0 Å². The highest BCUT2D eigenvalue weighted by molar-refractivity contribution is 6.30. The van der Waals surface area contributed by atoms with Crippen molar-refractivity contribution in [2.75, 3.05) is 18.0 Å². The number of nitrogens with two attached hydrogens (primary N) is 1. The number of halogens is 2. The van der Waals surface area contributed by atoms with Gasteiger partial charge in [0.2, 0.25) is 0 Å². The van der Waals surface area contributed by atoms with Crippen LogP contribution in [0, 0.1) is 12.7 Å². The third-order valence-corrected chi connectivity index (χ3v) is 3.76. The Morgan fingerprint density at radius 3 is 2.57 bits per heavy atom. The van der Waals surface area contributed by atoms with Crippen molar-refractivity contribution in [1.29, 1.82) is 0 Å². The molecule has 2 rings (SSSR count). The van der Waals surface area contributed by atoms with Crippen molar-refractivity contribution in [3.05, 3.63) is 64.4 Å². The summed E-state index contributed by atoms with van der Waals surface area (Å²) < 4.78 is 13.6. The second kappa shape index (κ2) is 6.92. The SMILES string of the molecule is CCN(c1cccc(C)c1)C(CN)c1cc(F)cc(Cl)c1. The predicted molar refractivity (Wildman–Crippen MR) is 87.4 cm³/mol. The summed E-state index contributed by atoms with van der Waals surface area (Å²) in [6.07, 6.45) is 0. The van der Waals surface area contributed by atoms with E-state index in [4.69, 9.17) is 17.3 Å². The minimum Gasteiger partial charge on any atom is -0.363 e. The smallest absolute Gasteiger partial charge is 0.125 e. The molecule has 0 heterocycles. The second-order valence-corrected chi connectivity index (χ2v) is 5.52. The molecule has 2 nitrogen and oxygen atoms in total. The van der Waals surface area contributed by atoms with Gasteiger partial charge in [-0.3, -0.25) is 0 Å². The zero-order chi connectivity index (χ0) is 15.4. The maximum absolute atomic E-state index is 13.6. The van der Waals surface area contributed by atoms with Crippen LogP contribution in [0.2, 0.25) is 5.02 Å². The number of nitrogens with zero attached hydrogens (tertiary/aromatic N) is 1. The fourth-order valence-electron chi connectivity index (χ4n) is 2.60. The zero-order valence-electron chi connectivity index (χ0n) is 12.3. The molecule has 2 aromatic carbocycles. The molecular formula is C17H20ClFN2. The van der Waals surface area contributed by atoms with Gasteiger partial charge in [0.1, 0.15) is 5.82 Å². The van der Waals surface area contributed by atoms with Gasteiger partial charge < -0.3 is 10.6 Å². The van der Waals surface area contributed by atoms with Gasteiger partial charge in [-0.15, -0.1) is 0 Å². The van der Waals surface area contributed by atoms with Gasteiger partial charge in [0.05, 0.1) is 6.04 Å². The standard InChI is InChI=1S/C17H20ClFN2/c1-3-21(16-6-4-5-12(2)7-16)17(11-20)13-8-14(18)10-15(19)9-13/h4-10,17H,3,11,20H2,1-2H3. The van der Waals surface area contributed by atoms with Crippen molar-refractivity contribution >= 4 is 17.3 Å². The molecule has 0 fully saturated rings. The highest BCUT2D eigenvalue weighted by Crippen LogP contribution is 2.29. The molecule has 1 atom stereocenters. The minimum atomic E-state index is -0.337. The molecule has 4 heteroatoms. The number of anilines is 1. The molecule has 112 valence electrons. The van der Waals surface area contributed by atoms with Crippen molar-refractivity contribution in [1.82, 2.24) is 0 Å². The maximum atomic E-state index is 13.6. The largest absolute Gasteiger partial charge is 0.363 e. The van der Waals surface area contributed by atoms with Crippen molar-refractivity contribution in [3.8, 4) is 0 Å². The molecule has 0 spiro atoms. The molecule has 0 radical (unpaired) electrons. The topological polar surface area (TPSA) is 29.3 Å². The third-order valence-electron chi connectivity index (χ3n) is 3.54. The summed E-state index contributed by atoms with van der Waals surface area (Å²) in [5.41, 5.74) is 9.00. The van der Waals surface area contributed by atoms with Gasteiger partial charge in [-0.05, 0) is 55.3 Å². The van der Waals surface area contributed by atoms with Crippen molar-refractivity contribution in [3.63, 3.8) is 0 Å². The highest BCUT2D eigenvalue weighted by atomic mass is 35.5. The van der Waals surface area contributed by atoms with Gasteiger partial charge in [-0.25, -0.2) is 4.39 Å². The van der Waals surface area contributed by atoms with E-state index in [1.54, 1.807) is 6.07 Å². The van der Waals surface area contributed by atoms with Crippen LogP contribution in [0.1, 0.15) is 24.1 Å². The first kappa shape index (κ1) is 15.8. The number of hydrogen-bond acceptors (Lipinski definition) is 2. The van der Waals surface area contributed by atoms with E-state index in [1.807, 2.05) is 25.1 Å². The predicted octanol–water partition coefficient (Wildman–Crippen LogP) is 4.31. The lowest BCUT2D eigenvalue weighted by atomic mass is 10.0. The molecule has 0 aliphatic rings. The molecule has 0 aliphatic heterocycles. The third kappa shape index (κ3) is 3.74. The lowest BCUT2D eigenvalue weighted by Crippen LogP contribution is -2.33. The van der Waals surface area contributed by atoms with Crippen molar-refractivity contribution < 1.29 is 4.39 Å². The van der Waals surface area contributed by atoms with E-state index in [0.29, 0.717) is 11.6 Å². The molecule has 0 amide bonds. The Kier molecular flexibility index (Phi) is 5.21. The Bertz CT molecular complexity index is 595. The van der Waals surface area contributed by atoms with Crippen LogP contribution in [0.15, 0.2) is 42.5 Å². The van der Waals surface area contributed by atoms with Crippen LogP contribution in [0.4, 0.5) is 10.1 Å². The van der Waals surface area contributed by atoms with Crippen LogP contribution >= 0.6 is 11.6 Å². The van der Waals surface area contributed by atoms with E-state index >= 15 is 0 Å². The fraction of sp³-hybridized carbons (Fsp3) is 0.294. The van der Waals surface area contributed by atoms with Gasteiger partial charge in [-0.1, -0.05) is 23.7 Å². The first-order valence-electron chi connectivity index (χ1n) is 7.04. The first-order chi connectivity index (χ1) is 10.0. The minimum absolute atomic E-state index is 0.106. The summed E-state index contributed by atoms with van der Waals surface area (Å²) in [6.45, 7) is 5.28. The van der Waals surface area contributed by atoms with Gasteiger partial charge in [-0.2, -0.15) is 0 Å². The lowest BCUT2D eigenvalue weighted by molar-refractivity contribution is 0.607. The first-order valence-corrected chi connectivity index (χ1v) is 7.42. The molecule has 2 aromatic rings. The van der Waals surface area contributed by atoms with Crippen LogP contribution in [0.3, 0.4) is 0 Å². The van der Waals surface area contributed by atoms with Crippen LogP contribution in [-0.2, 0) is 0 Å². The van der Waals surface area contributed by atoms with Crippen LogP contribution in [0.5, 0.6) is 0 Å². The molecule has 0 aromatic heterocycles. The van der Waals surface area contributed by atoms with E-state index in [0.717, 1.165) is 17.8 Å². The monoisotopic (exact) mass is 306 g/mol. The Hall–Kier alpha value is -1.58. The Balaban J connectivity index is 2.42. The van der Waals surface area contributed by atoms with E-state index < -0.39 is 0 Å². The summed E-state index contributed by atoms with van der Waals surface area (Å²) in [6, 6.07) is 12.7. The summed E-state index contributed by atoms with van der Waals surface area (Å²) in [5.74, 6) is -0.337. The summed E-state index contributed by atoms with van der Waals surface area (Å²) in [4.78, 5) is 2.16. The van der Waals surface area contributed by atoms with E-state index in [-0.39, 0.29) is 11.9 Å². The van der Waals surface area contributed by atoms with Crippen molar-refractivity contribution in [2.45, 2.75) is 19.9 Å². The Labute approximate surface area is 130 Å². The molecule has 0 saturated heterocycles. The number of benzene rings is 2. The van der Waals surface area contributed by atoms with Crippen LogP contribution in [-0.4, -0.2) is 13.1 Å². The molecule has 0 bridgehead atoms. The fourth-order valence-corrected chi connectivity index (χ4v) is 2.83. The summed E-state index contributed by atoms with van der Waals surface area (Å²) in [7, 11) is 0. The molecule has 0 saturated carbocycles. The van der Waals surface area contributed by atoms with E-state index in [9.17, 15) is 4.39 Å². The average molecular weight is 307 g/mol. The summed E-state index contributed by atoms with van der Waals surface area (Å²) >= 11 is 5.97. The number of likely N-dealkylation sites (N-methyl/N-ethyl adjacent to an activating group) is 1.